The molecule has 1 aromatic heterocycles. The molecule has 0 unspecified atom stereocenters. The quantitative estimate of drug-likeness (QED) is 0.647. The van der Waals surface area contributed by atoms with Crippen molar-refractivity contribution in [2.24, 2.45) is 0 Å². The molecule has 0 aliphatic carbocycles. The second-order valence-electron chi connectivity index (χ2n) is 6.09. The van der Waals surface area contributed by atoms with Crippen LogP contribution in [0.3, 0.4) is 0 Å². The summed E-state index contributed by atoms with van der Waals surface area (Å²) in [5.74, 6) is -0.325. The van der Waals surface area contributed by atoms with E-state index in [0.29, 0.717) is 35.3 Å². The van der Waals surface area contributed by atoms with Gasteiger partial charge in [-0.2, -0.15) is 5.26 Å². The SMILES string of the molecule is N#Cc1cc(N2CCOc3cc(S(=O)(=O)Cc4nccs4)ccc32)ccc1F. The van der Waals surface area contributed by atoms with Crippen molar-refractivity contribution in [3.8, 4) is 11.8 Å². The van der Waals surface area contributed by atoms with Gasteiger partial charge in [-0.15, -0.1) is 11.3 Å². The van der Waals surface area contributed by atoms with E-state index < -0.39 is 15.7 Å². The molecule has 1 aliphatic heterocycles. The summed E-state index contributed by atoms with van der Waals surface area (Å²) < 4.78 is 44.7. The largest absolute Gasteiger partial charge is 0.489 e. The number of thiazole rings is 1. The standard InChI is InChI=1S/C19H14FN3O3S2/c20-16-3-1-14(9-13(16)11-21)23-6-7-26-18-10-15(2-4-17(18)23)28(24,25)12-19-22-5-8-27-19/h1-5,8-10H,6-7,12H2. The summed E-state index contributed by atoms with van der Waals surface area (Å²) in [5, 5.41) is 11.3. The second-order valence-corrected chi connectivity index (χ2v) is 9.06. The van der Waals surface area contributed by atoms with Gasteiger partial charge >= 0.3 is 0 Å². The van der Waals surface area contributed by atoms with E-state index in [9.17, 15) is 12.8 Å². The molecule has 4 rings (SSSR count). The van der Waals surface area contributed by atoms with E-state index in [-0.39, 0.29) is 16.2 Å². The number of aromatic nitrogens is 1. The van der Waals surface area contributed by atoms with E-state index in [1.807, 2.05) is 11.0 Å². The van der Waals surface area contributed by atoms with Crippen LogP contribution in [0, 0.1) is 17.1 Å². The second kappa shape index (κ2) is 7.22. The van der Waals surface area contributed by atoms with Gasteiger partial charge in [0, 0.05) is 23.3 Å². The van der Waals surface area contributed by atoms with Crippen LogP contribution in [0.5, 0.6) is 5.75 Å². The molecule has 1 aliphatic rings. The van der Waals surface area contributed by atoms with Gasteiger partial charge in [0.25, 0.3) is 0 Å². The van der Waals surface area contributed by atoms with Crippen LogP contribution >= 0.6 is 11.3 Å². The van der Waals surface area contributed by atoms with Crippen molar-refractivity contribution in [1.82, 2.24) is 4.98 Å². The molecule has 3 aromatic rings. The van der Waals surface area contributed by atoms with Gasteiger partial charge in [-0.25, -0.2) is 17.8 Å². The maximum absolute atomic E-state index is 13.6. The highest BCUT2D eigenvalue weighted by Gasteiger charge is 2.24. The van der Waals surface area contributed by atoms with Crippen molar-refractivity contribution in [3.63, 3.8) is 0 Å². The molecule has 0 spiro atoms. The van der Waals surface area contributed by atoms with Crippen molar-refractivity contribution in [3.05, 3.63) is 64.4 Å². The Kier molecular flexibility index (Phi) is 4.75. The topological polar surface area (TPSA) is 83.3 Å². The number of nitriles is 1. The van der Waals surface area contributed by atoms with Crippen molar-refractivity contribution in [2.75, 3.05) is 18.1 Å². The zero-order chi connectivity index (χ0) is 19.7. The monoisotopic (exact) mass is 415 g/mol. The first kappa shape index (κ1) is 18.4. The third kappa shape index (κ3) is 3.44. The highest BCUT2D eigenvalue weighted by atomic mass is 32.2. The number of anilines is 2. The van der Waals surface area contributed by atoms with E-state index in [0.717, 1.165) is 0 Å². The Morgan fingerprint density at radius 2 is 2.14 bits per heavy atom. The van der Waals surface area contributed by atoms with Gasteiger partial charge in [0.1, 0.15) is 35.0 Å². The average molecular weight is 415 g/mol. The predicted molar refractivity (Wildman–Crippen MR) is 103 cm³/mol. The van der Waals surface area contributed by atoms with Crippen LogP contribution in [0.1, 0.15) is 10.6 Å². The summed E-state index contributed by atoms with van der Waals surface area (Å²) in [5.41, 5.74) is 1.25. The van der Waals surface area contributed by atoms with E-state index in [2.05, 4.69) is 4.98 Å². The third-order valence-corrected chi connectivity index (χ3v) is 6.92. The molecule has 0 radical (unpaired) electrons. The number of sulfone groups is 1. The molecule has 2 heterocycles. The van der Waals surface area contributed by atoms with Crippen LogP contribution < -0.4 is 9.64 Å². The molecule has 6 nitrogen and oxygen atoms in total. The van der Waals surface area contributed by atoms with E-state index in [1.165, 1.54) is 35.6 Å². The van der Waals surface area contributed by atoms with Gasteiger partial charge in [-0.1, -0.05) is 0 Å². The average Bonchev–Trinajstić information content (AvgIpc) is 3.20. The first-order valence-electron chi connectivity index (χ1n) is 8.33. The molecule has 0 N–H and O–H groups in total. The van der Waals surface area contributed by atoms with Crippen LogP contribution in [-0.2, 0) is 15.6 Å². The smallest absolute Gasteiger partial charge is 0.185 e. The normalized spacial score (nSPS) is 13.5. The lowest BCUT2D eigenvalue weighted by molar-refractivity contribution is 0.313. The molecule has 142 valence electrons. The number of nitrogens with zero attached hydrogens (tertiary/aromatic N) is 3. The summed E-state index contributed by atoms with van der Waals surface area (Å²) in [7, 11) is -3.56. The highest BCUT2D eigenvalue weighted by Crippen LogP contribution is 2.39. The Bertz CT molecular complexity index is 1170. The summed E-state index contributed by atoms with van der Waals surface area (Å²) >= 11 is 1.29. The van der Waals surface area contributed by atoms with E-state index >= 15 is 0 Å². The number of hydrogen-bond donors (Lipinski definition) is 0. The number of fused-ring (bicyclic) bond motifs is 1. The summed E-state index contributed by atoms with van der Waals surface area (Å²) in [6.45, 7) is 0.830. The molecule has 28 heavy (non-hydrogen) atoms. The van der Waals surface area contributed by atoms with Crippen molar-refractivity contribution in [1.29, 1.82) is 5.26 Å². The lowest BCUT2D eigenvalue weighted by Gasteiger charge is -2.31. The number of ether oxygens (including phenoxy) is 1. The van der Waals surface area contributed by atoms with Gasteiger partial charge in [-0.3, -0.25) is 0 Å². The fraction of sp³-hybridized carbons (Fsp3) is 0.158. The first-order valence-corrected chi connectivity index (χ1v) is 10.9. The lowest BCUT2D eigenvalue weighted by Crippen LogP contribution is -2.28. The molecule has 0 saturated carbocycles. The van der Waals surface area contributed by atoms with Crippen LogP contribution in [0.25, 0.3) is 0 Å². The zero-order valence-corrected chi connectivity index (χ0v) is 16.1. The molecule has 0 bridgehead atoms. The number of rotatable bonds is 4. The van der Waals surface area contributed by atoms with Gasteiger partial charge in [-0.05, 0) is 30.3 Å². The third-order valence-electron chi connectivity index (χ3n) is 4.33. The van der Waals surface area contributed by atoms with Crippen molar-refractivity contribution >= 4 is 32.5 Å². The fourth-order valence-electron chi connectivity index (χ4n) is 3.00. The van der Waals surface area contributed by atoms with Crippen LogP contribution in [0.15, 0.2) is 52.9 Å². The van der Waals surface area contributed by atoms with Gasteiger partial charge < -0.3 is 9.64 Å². The fourth-order valence-corrected chi connectivity index (χ4v) is 5.27. The molecule has 9 heteroatoms. The van der Waals surface area contributed by atoms with Crippen LogP contribution in [0.4, 0.5) is 15.8 Å². The van der Waals surface area contributed by atoms with Crippen LogP contribution in [0.2, 0.25) is 0 Å². The van der Waals surface area contributed by atoms with E-state index in [1.54, 1.807) is 23.7 Å². The zero-order valence-electron chi connectivity index (χ0n) is 14.5. The molecular formula is C19H14FN3O3S2. The minimum Gasteiger partial charge on any atom is -0.489 e. The summed E-state index contributed by atoms with van der Waals surface area (Å²) in [6, 6.07) is 10.8. The van der Waals surface area contributed by atoms with Crippen molar-refractivity contribution < 1.29 is 17.5 Å². The Morgan fingerprint density at radius 1 is 1.29 bits per heavy atom. The molecule has 0 fully saturated rings. The Morgan fingerprint density at radius 3 is 2.89 bits per heavy atom. The van der Waals surface area contributed by atoms with Gasteiger partial charge in [0.2, 0.25) is 0 Å². The maximum Gasteiger partial charge on any atom is 0.185 e. The molecular weight excluding hydrogens is 401 g/mol. The Labute approximate surface area is 165 Å². The molecule has 0 saturated heterocycles. The minimum absolute atomic E-state index is 0.0480. The van der Waals surface area contributed by atoms with E-state index in [4.69, 9.17) is 10.00 Å². The number of hydrogen-bond acceptors (Lipinski definition) is 7. The van der Waals surface area contributed by atoms with Gasteiger partial charge in [0.05, 0.1) is 22.7 Å². The number of benzene rings is 2. The summed E-state index contributed by atoms with van der Waals surface area (Å²) in [4.78, 5) is 6.06. The predicted octanol–water partition coefficient (Wildman–Crippen LogP) is 3.66. The first-order chi connectivity index (χ1) is 13.5. The minimum atomic E-state index is -3.56. The van der Waals surface area contributed by atoms with Gasteiger partial charge in [0.15, 0.2) is 9.84 Å². The lowest BCUT2D eigenvalue weighted by atomic mass is 10.1. The molecule has 2 aromatic carbocycles. The van der Waals surface area contributed by atoms with Crippen molar-refractivity contribution in [2.45, 2.75) is 10.6 Å². The Hall–Kier alpha value is -2.96. The molecule has 0 amide bonds. The summed E-state index contributed by atoms with van der Waals surface area (Å²) in [6.07, 6.45) is 1.57. The number of halogens is 1. The Balaban J connectivity index is 1.69. The van der Waals surface area contributed by atoms with Crippen LogP contribution in [-0.4, -0.2) is 26.6 Å². The highest BCUT2D eigenvalue weighted by molar-refractivity contribution is 7.90. The maximum atomic E-state index is 13.6. The molecule has 0 atom stereocenters.